The first kappa shape index (κ1) is 18.8. The third-order valence-corrected chi connectivity index (χ3v) is 5.38. The molecule has 142 valence electrons. The van der Waals surface area contributed by atoms with E-state index < -0.39 is 11.5 Å². The lowest BCUT2D eigenvalue weighted by Gasteiger charge is -2.09. The van der Waals surface area contributed by atoms with Gasteiger partial charge < -0.3 is 14.8 Å². The van der Waals surface area contributed by atoms with Gasteiger partial charge in [-0.2, -0.15) is 9.61 Å². The van der Waals surface area contributed by atoms with Crippen LogP contribution in [0.2, 0.25) is 0 Å². The lowest BCUT2D eigenvalue weighted by molar-refractivity contribution is 0.102. The molecule has 0 aliphatic carbocycles. The second-order valence-corrected chi connectivity index (χ2v) is 6.93. The van der Waals surface area contributed by atoms with E-state index >= 15 is 0 Å². The summed E-state index contributed by atoms with van der Waals surface area (Å²) in [6, 6.07) is 4.76. The molecule has 1 amide bonds. The Morgan fingerprint density at radius 1 is 1.30 bits per heavy atom. The highest BCUT2D eigenvalue weighted by Gasteiger charge is 2.16. The number of hydrogen-bond donors (Lipinski definition) is 1. The predicted molar refractivity (Wildman–Crippen MR) is 103 cm³/mol. The molecule has 9 heteroatoms. The maximum absolute atomic E-state index is 12.7. The van der Waals surface area contributed by atoms with E-state index in [1.54, 1.807) is 18.2 Å². The van der Waals surface area contributed by atoms with Crippen molar-refractivity contribution in [2.45, 2.75) is 26.2 Å². The maximum atomic E-state index is 12.7. The van der Waals surface area contributed by atoms with Crippen molar-refractivity contribution in [1.29, 1.82) is 0 Å². The first-order chi connectivity index (χ1) is 13.0. The van der Waals surface area contributed by atoms with Gasteiger partial charge in [-0.25, -0.2) is 4.98 Å². The minimum Gasteiger partial charge on any atom is -0.493 e. The molecule has 0 spiro atoms. The van der Waals surface area contributed by atoms with Crippen molar-refractivity contribution in [2.75, 3.05) is 19.5 Å². The molecular formula is C18H20N4O4S. The van der Waals surface area contributed by atoms with Gasteiger partial charge in [0.1, 0.15) is 10.7 Å². The summed E-state index contributed by atoms with van der Waals surface area (Å²) in [5.74, 6) is 0.721. The minimum atomic E-state index is -0.452. The molecule has 1 aromatic carbocycles. The largest absolute Gasteiger partial charge is 0.493 e. The van der Waals surface area contributed by atoms with E-state index in [1.807, 2.05) is 6.92 Å². The molecule has 2 heterocycles. The number of methoxy groups -OCH3 is 2. The molecule has 1 N–H and O–H groups in total. The van der Waals surface area contributed by atoms with Crippen LogP contribution in [-0.2, 0) is 0 Å². The lowest BCUT2D eigenvalue weighted by Crippen LogP contribution is -2.23. The molecule has 0 aliphatic rings. The number of carbonyl (C=O) groups excluding carboxylic acids is 1. The zero-order valence-corrected chi connectivity index (χ0v) is 16.3. The molecule has 0 saturated heterocycles. The van der Waals surface area contributed by atoms with Crippen LogP contribution in [0.5, 0.6) is 11.5 Å². The fourth-order valence-electron chi connectivity index (χ4n) is 2.43. The number of nitrogens with zero attached hydrogens (tertiary/aromatic N) is 3. The van der Waals surface area contributed by atoms with Crippen molar-refractivity contribution in [3.63, 3.8) is 0 Å². The first-order valence-electron chi connectivity index (χ1n) is 8.40. The number of benzene rings is 1. The van der Waals surface area contributed by atoms with Crippen LogP contribution in [0.3, 0.4) is 0 Å². The Hall–Kier alpha value is -2.94. The molecule has 0 saturated carbocycles. The Balaban J connectivity index is 1.91. The maximum Gasteiger partial charge on any atom is 0.298 e. The fourth-order valence-corrected chi connectivity index (χ4v) is 3.43. The smallest absolute Gasteiger partial charge is 0.298 e. The highest BCUT2D eigenvalue weighted by atomic mass is 32.1. The Bertz CT molecular complexity index is 1040. The number of ether oxygens (including phenoxy) is 2. The van der Waals surface area contributed by atoms with E-state index in [-0.39, 0.29) is 11.6 Å². The van der Waals surface area contributed by atoms with E-state index in [2.05, 4.69) is 22.3 Å². The van der Waals surface area contributed by atoms with Crippen LogP contribution >= 0.6 is 11.3 Å². The van der Waals surface area contributed by atoms with Crippen LogP contribution in [0.4, 0.5) is 5.69 Å². The van der Waals surface area contributed by atoms with Crippen molar-refractivity contribution >= 4 is 27.9 Å². The average molecular weight is 388 g/mol. The molecule has 0 aliphatic heterocycles. The highest BCUT2D eigenvalue weighted by Crippen LogP contribution is 2.28. The summed E-state index contributed by atoms with van der Waals surface area (Å²) >= 11 is 1.37. The van der Waals surface area contributed by atoms with Crippen molar-refractivity contribution in [3.05, 3.63) is 45.3 Å². The molecule has 0 fully saturated rings. The fraction of sp³-hybridized carbons (Fsp3) is 0.333. The first-order valence-corrected chi connectivity index (χ1v) is 9.22. The van der Waals surface area contributed by atoms with Gasteiger partial charge in [0.05, 0.1) is 20.4 Å². The Morgan fingerprint density at radius 3 is 2.70 bits per heavy atom. The summed E-state index contributed by atoms with van der Waals surface area (Å²) in [5, 5.41) is 7.78. The van der Waals surface area contributed by atoms with Gasteiger partial charge in [0.25, 0.3) is 11.5 Å². The summed E-state index contributed by atoms with van der Waals surface area (Å²) < 4.78 is 11.6. The van der Waals surface area contributed by atoms with Gasteiger partial charge in [-0.05, 0) is 24.6 Å². The van der Waals surface area contributed by atoms with E-state index in [9.17, 15) is 9.59 Å². The minimum absolute atomic E-state index is 0.0632. The van der Waals surface area contributed by atoms with Crippen molar-refractivity contribution in [3.8, 4) is 11.5 Å². The number of nitrogens with one attached hydrogen (secondary N) is 1. The zero-order valence-electron chi connectivity index (χ0n) is 15.5. The number of anilines is 1. The summed E-state index contributed by atoms with van der Waals surface area (Å²) in [5.41, 5.74) is -0.0244. The molecule has 3 aromatic rings. The number of fused-ring (bicyclic) bond motifs is 1. The van der Waals surface area contributed by atoms with E-state index in [0.717, 1.165) is 11.4 Å². The van der Waals surface area contributed by atoms with Gasteiger partial charge in [-0.1, -0.05) is 25.2 Å². The van der Waals surface area contributed by atoms with Crippen molar-refractivity contribution in [2.24, 2.45) is 0 Å². The summed E-state index contributed by atoms with van der Waals surface area (Å²) in [7, 11) is 3.00. The molecule has 8 nitrogen and oxygen atoms in total. The van der Waals surface area contributed by atoms with E-state index in [0.29, 0.717) is 22.0 Å². The standard InChI is InChI=1S/C18H20N4O4S/c1-5-10(2)16-21-22-17(24)12(9-19-18(22)27-16)20-15(23)11-6-7-13(25-3)14(8-11)26-4/h6-10H,5H2,1-4H3,(H,20,23)/t10-/m1/s1. The second kappa shape index (κ2) is 7.75. The molecular weight excluding hydrogens is 368 g/mol. The van der Waals surface area contributed by atoms with Crippen LogP contribution in [0.15, 0.2) is 29.2 Å². The third-order valence-electron chi connectivity index (χ3n) is 4.23. The SMILES string of the molecule is CC[C@@H](C)c1nn2c(=O)c(NC(=O)c3ccc(OC)c(OC)c3)cnc2s1. The summed E-state index contributed by atoms with van der Waals surface area (Å²) in [4.78, 5) is 29.9. The van der Waals surface area contributed by atoms with Gasteiger partial charge in [0, 0.05) is 11.5 Å². The number of rotatable bonds is 6. The molecule has 0 radical (unpaired) electrons. The summed E-state index contributed by atoms with van der Waals surface area (Å²) in [6.07, 6.45) is 2.27. The van der Waals surface area contributed by atoms with Gasteiger partial charge in [-0.15, -0.1) is 0 Å². The number of aromatic nitrogens is 3. The lowest BCUT2D eigenvalue weighted by atomic mass is 10.1. The van der Waals surface area contributed by atoms with Crippen LogP contribution in [0.25, 0.3) is 4.96 Å². The van der Waals surface area contributed by atoms with E-state index in [1.165, 1.54) is 36.3 Å². The average Bonchev–Trinajstić information content (AvgIpc) is 3.14. The Labute approximate surface area is 159 Å². The molecule has 2 aromatic heterocycles. The summed E-state index contributed by atoms with van der Waals surface area (Å²) in [6.45, 7) is 4.10. The highest BCUT2D eigenvalue weighted by molar-refractivity contribution is 7.16. The van der Waals surface area contributed by atoms with Crippen LogP contribution in [0.1, 0.15) is 41.6 Å². The Kier molecular flexibility index (Phi) is 5.41. The normalized spacial score (nSPS) is 12.0. The number of carbonyl (C=O) groups is 1. The van der Waals surface area contributed by atoms with Crippen LogP contribution in [-0.4, -0.2) is 34.7 Å². The molecule has 3 rings (SSSR count). The number of hydrogen-bond acceptors (Lipinski definition) is 7. The monoisotopic (exact) mass is 388 g/mol. The molecule has 27 heavy (non-hydrogen) atoms. The second-order valence-electron chi connectivity index (χ2n) is 5.94. The van der Waals surface area contributed by atoms with Gasteiger partial charge >= 0.3 is 0 Å². The van der Waals surface area contributed by atoms with E-state index in [4.69, 9.17) is 9.47 Å². The van der Waals surface area contributed by atoms with Gasteiger partial charge in [0.2, 0.25) is 4.96 Å². The van der Waals surface area contributed by atoms with Crippen molar-refractivity contribution in [1.82, 2.24) is 14.6 Å². The zero-order chi connectivity index (χ0) is 19.6. The molecule has 1 atom stereocenters. The number of amides is 1. The molecule has 0 bridgehead atoms. The Morgan fingerprint density at radius 2 is 2.04 bits per heavy atom. The van der Waals surface area contributed by atoms with Gasteiger partial charge in [0.15, 0.2) is 11.5 Å². The van der Waals surface area contributed by atoms with Crippen LogP contribution in [0, 0.1) is 0 Å². The molecule has 0 unspecified atom stereocenters. The van der Waals surface area contributed by atoms with Gasteiger partial charge in [-0.3, -0.25) is 9.59 Å². The van der Waals surface area contributed by atoms with Crippen molar-refractivity contribution < 1.29 is 14.3 Å². The topological polar surface area (TPSA) is 94.8 Å². The third kappa shape index (κ3) is 3.63. The predicted octanol–water partition coefficient (Wildman–Crippen LogP) is 2.93. The van der Waals surface area contributed by atoms with Crippen LogP contribution < -0.4 is 20.3 Å². The quantitative estimate of drug-likeness (QED) is 0.698.